The Balaban J connectivity index is 1.84. The zero-order chi connectivity index (χ0) is 20.8. The molecule has 2 aromatic carbocycles. The standard InChI is InChI=1S/C18H15F3N4O3S/c19-12-4-5-14(15(9-12)28-17(20)21)16-22-10-23-18(25-16)24-13-3-1-2-11(8-13)6-7-29(26)27/h1-5,8-10,17H,6-7H2,(H,26,27)(H,22,23,24,25)/p-1. The monoisotopic (exact) mass is 423 g/mol. The molecule has 0 aliphatic carbocycles. The minimum Gasteiger partial charge on any atom is -0.772 e. The molecule has 7 nitrogen and oxygen atoms in total. The first-order valence-electron chi connectivity index (χ1n) is 8.26. The molecule has 0 spiro atoms. The lowest BCUT2D eigenvalue weighted by molar-refractivity contribution is -0.0496. The smallest absolute Gasteiger partial charge is 0.387 e. The second kappa shape index (κ2) is 9.43. The summed E-state index contributed by atoms with van der Waals surface area (Å²) in [6.07, 6.45) is 1.52. The molecule has 11 heteroatoms. The van der Waals surface area contributed by atoms with E-state index in [1.807, 2.05) is 0 Å². The van der Waals surface area contributed by atoms with Crippen molar-refractivity contribution >= 4 is 22.7 Å². The fourth-order valence-corrected chi connectivity index (χ4v) is 2.90. The highest BCUT2D eigenvalue weighted by Crippen LogP contribution is 2.30. The molecule has 0 radical (unpaired) electrons. The van der Waals surface area contributed by atoms with Crippen molar-refractivity contribution in [2.24, 2.45) is 0 Å². The van der Waals surface area contributed by atoms with E-state index in [9.17, 15) is 21.9 Å². The highest BCUT2D eigenvalue weighted by Gasteiger charge is 2.15. The Kier molecular flexibility index (Phi) is 6.73. The summed E-state index contributed by atoms with van der Waals surface area (Å²) in [5.41, 5.74) is 1.46. The van der Waals surface area contributed by atoms with Crippen LogP contribution < -0.4 is 10.1 Å². The molecule has 152 valence electrons. The van der Waals surface area contributed by atoms with Gasteiger partial charge in [-0.2, -0.15) is 13.8 Å². The van der Waals surface area contributed by atoms with Crippen molar-refractivity contribution in [3.8, 4) is 17.1 Å². The number of hydrogen-bond acceptors (Lipinski definition) is 7. The van der Waals surface area contributed by atoms with Crippen LogP contribution >= 0.6 is 0 Å². The molecule has 1 N–H and O–H groups in total. The fraction of sp³-hybridized carbons (Fsp3) is 0.167. The lowest BCUT2D eigenvalue weighted by atomic mass is 10.1. The second-order valence-electron chi connectivity index (χ2n) is 5.73. The maximum absolute atomic E-state index is 13.4. The number of hydrogen-bond donors (Lipinski definition) is 1. The number of halogens is 3. The van der Waals surface area contributed by atoms with Crippen molar-refractivity contribution in [1.82, 2.24) is 15.0 Å². The minimum absolute atomic E-state index is 0.00314. The summed E-state index contributed by atoms with van der Waals surface area (Å²) in [6.45, 7) is -3.14. The van der Waals surface area contributed by atoms with Gasteiger partial charge in [-0.15, -0.1) is 0 Å². The van der Waals surface area contributed by atoms with Crippen LogP contribution in [0.15, 0.2) is 48.8 Å². The van der Waals surface area contributed by atoms with Gasteiger partial charge in [0.15, 0.2) is 5.82 Å². The van der Waals surface area contributed by atoms with E-state index in [2.05, 4.69) is 25.0 Å². The van der Waals surface area contributed by atoms with Crippen LogP contribution in [0.25, 0.3) is 11.4 Å². The van der Waals surface area contributed by atoms with Gasteiger partial charge in [0.1, 0.15) is 17.9 Å². The molecule has 0 amide bonds. The van der Waals surface area contributed by atoms with Gasteiger partial charge < -0.3 is 14.6 Å². The van der Waals surface area contributed by atoms with Gasteiger partial charge in [-0.25, -0.2) is 14.4 Å². The molecule has 3 rings (SSSR count). The quantitative estimate of drug-likeness (QED) is 0.554. The van der Waals surface area contributed by atoms with E-state index in [1.54, 1.807) is 24.3 Å². The summed E-state index contributed by atoms with van der Waals surface area (Å²) in [5, 5.41) is 2.93. The average molecular weight is 423 g/mol. The fourth-order valence-electron chi connectivity index (χ4n) is 2.50. The van der Waals surface area contributed by atoms with Crippen molar-refractivity contribution in [2.75, 3.05) is 11.1 Å². The predicted octanol–water partition coefficient (Wildman–Crippen LogP) is 3.44. The maximum atomic E-state index is 13.4. The van der Waals surface area contributed by atoms with Crippen molar-refractivity contribution in [1.29, 1.82) is 0 Å². The number of anilines is 2. The molecule has 0 aliphatic rings. The molecule has 1 unspecified atom stereocenters. The largest absolute Gasteiger partial charge is 0.772 e. The van der Waals surface area contributed by atoms with E-state index in [4.69, 9.17) is 0 Å². The number of ether oxygens (including phenoxy) is 1. The van der Waals surface area contributed by atoms with Gasteiger partial charge in [0.25, 0.3) is 0 Å². The van der Waals surface area contributed by atoms with E-state index in [1.165, 1.54) is 12.4 Å². The van der Waals surface area contributed by atoms with Gasteiger partial charge in [-0.3, -0.25) is 4.21 Å². The Bertz CT molecular complexity index is 1020. The van der Waals surface area contributed by atoms with Crippen LogP contribution in [-0.2, 0) is 17.5 Å². The van der Waals surface area contributed by atoms with Crippen LogP contribution in [0.5, 0.6) is 5.75 Å². The van der Waals surface area contributed by atoms with E-state index in [0.29, 0.717) is 12.1 Å². The second-order valence-corrected chi connectivity index (χ2v) is 6.75. The lowest BCUT2D eigenvalue weighted by Crippen LogP contribution is -2.05. The first-order chi connectivity index (χ1) is 13.9. The van der Waals surface area contributed by atoms with Crippen LogP contribution in [0.3, 0.4) is 0 Å². The SMILES string of the molecule is O=S([O-])CCc1cccc(Nc2ncnc(-c3ccc(F)cc3OC(F)F)n2)c1. The number of nitrogens with zero attached hydrogens (tertiary/aromatic N) is 3. The van der Waals surface area contributed by atoms with Crippen molar-refractivity contribution < 1.29 is 26.7 Å². The van der Waals surface area contributed by atoms with Crippen LogP contribution in [0.1, 0.15) is 5.56 Å². The molecular weight excluding hydrogens is 409 g/mol. The van der Waals surface area contributed by atoms with Crippen molar-refractivity contribution in [3.63, 3.8) is 0 Å². The Morgan fingerprint density at radius 3 is 2.76 bits per heavy atom. The van der Waals surface area contributed by atoms with E-state index in [-0.39, 0.29) is 23.1 Å². The molecule has 0 saturated carbocycles. The van der Waals surface area contributed by atoms with Crippen molar-refractivity contribution in [3.05, 3.63) is 60.2 Å². The summed E-state index contributed by atoms with van der Waals surface area (Å²) >= 11 is -2.14. The van der Waals surface area contributed by atoms with Crippen LogP contribution in [0, 0.1) is 5.82 Å². The topological polar surface area (TPSA) is 100 Å². The van der Waals surface area contributed by atoms with Crippen LogP contribution in [0.4, 0.5) is 24.8 Å². The third kappa shape index (κ3) is 5.96. The van der Waals surface area contributed by atoms with Gasteiger partial charge >= 0.3 is 6.61 Å². The number of benzene rings is 2. The number of alkyl halides is 2. The molecule has 0 bridgehead atoms. The Morgan fingerprint density at radius 2 is 2.00 bits per heavy atom. The van der Waals surface area contributed by atoms with Gasteiger partial charge in [0.2, 0.25) is 5.95 Å². The molecule has 1 atom stereocenters. The van der Waals surface area contributed by atoms with Gasteiger partial charge in [0, 0.05) is 17.5 Å². The zero-order valence-electron chi connectivity index (χ0n) is 14.7. The first-order valence-corrected chi connectivity index (χ1v) is 9.51. The maximum Gasteiger partial charge on any atom is 0.387 e. The molecule has 1 heterocycles. The molecule has 0 fully saturated rings. The van der Waals surface area contributed by atoms with Crippen molar-refractivity contribution in [2.45, 2.75) is 13.0 Å². The molecule has 0 aliphatic heterocycles. The number of aryl methyl sites for hydroxylation is 1. The Hall–Kier alpha value is -3.05. The van der Waals surface area contributed by atoms with Crippen LogP contribution in [-0.4, -0.2) is 36.1 Å². The minimum atomic E-state index is -3.14. The third-order valence-electron chi connectivity index (χ3n) is 3.71. The summed E-state index contributed by atoms with van der Waals surface area (Å²) in [6, 6.07) is 10.1. The summed E-state index contributed by atoms with van der Waals surface area (Å²) in [7, 11) is 0. The first kappa shape index (κ1) is 20.7. The number of rotatable bonds is 8. The van der Waals surface area contributed by atoms with Crippen LogP contribution in [0.2, 0.25) is 0 Å². The van der Waals surface area contributed by atoms with E-state index >= 15 is 0 Å². The molecular formula is C18H14F3N4O3S-. The summed E-state index contributed by atoms with van der Waals surface area (Å²) in [5.74, 6) is -1.02. The third-order valence-corrected chi connectivity index (χ3v) is 4.25. The zero-order valence-corrected chi connectivity index (χ0v) is 15.5. The lowest BCUT2D eigenvalue weighted by Gasteiger charge is -2.11. The highest BCUT2D eigenvalue weighted by atomic mass is 32.2. The van der Waals surface area contributed by atoms with E-state index in [0.717, 1.165) is 17.7 Å². The Morgan fingerprint density at radius 1 is 1.17 bits per heavy atom. The molecule has 29 heavy (non-hydrogen) atoms. The molecule has 1 aromatic heterocycles. The predicted molar refractivity (Wildman–Crippen MR) is 99.1 cm³/mol. The Labute approximate surface area is 166 Å². The van der Waals surface area contributed by atoms with E-state index < -0.39 is 29.3 Å². The number of aromatic nitrogens is 3. The summed E-state index contributed by atoms with van der Waals surface area (Å²) < 4.78 is 64.4. The summed E-state index contributed by atoms with van der Waals surface area (Å²) in [4.78, 5) is 12.1. The number of nitrogens with one attached hydrogen (secondary N) is 1. The highest BCUT2D eigenvalue weighted by molar-refractivity contribution is 7.79. The molecule has 0 saturated heterocycles. The van der Waals surface area contributed by atoms with Gasteiger partial charge in [-0.1, -0.05) is 23.2 Å². The normalized spacial score (nSPS) is 12.0. The average Bonchev–Trinajstić information content (AvgIpc) is 2.66. The van der Waals surface area contributed by atoms with Gasteiger partial charge in [0.05, 0.1) is 5.56 Å². The van der Waals surface area contributed by atoms with Gasteiger partial charge in [-0.05, 0) is 36.2 Å². The molecule has 3 aromatic rings.